The number of aromatic amines is 2. The summed E-state index contributed by atoms with van der Waals surface area (Å²) in [4.78, 5) is 38.2. The minimum Gasteiger partial charge on any atom is -0.303 e. The highest BCUT2D eigenvalue weighted by atomic mass is 17.1. The van der Waals surface area contributed by atoms with Gasteiger partial charge in [0.1, 0.15) is 12.3 Å². The monoisotopic (exact) mass is 203 g/mol. The van der Waals surface area contributed by atoms with Gasteiger partial charge < -0.3 is 4.98 Å². The van der Waals surface area contributed by atoms with E-state index < -0.39 is 34.2 Å². The molecule has 1 rings (SSSR count). The van der Waals surface area contributed by atoms with E-state index in [2.05, 4.69) is 4.89 Å². The number of H-pyrrole nitrogens is 2. The van der Waals surface area contributed by atoms with Crippen molar-refractivity contribution >= 4 is 5.69 Å². The molecular weight excluding hydrogens is 198 g/mol. The lowest BCUT2D eigenvalue weighted by Crippen LogP contribution is -2.27. The van der Waals surface area contributed by atoms with Crippen LogP contribution in [0.2, 0.25) is 0 Å². The average molecular weight is 203 g/mol. The second-order valence-corrected chi connectivity index (χ2v) is 2.27. The van der Waals surface area contributed by atoms with Crippen molar-refractivity contribution in [3.8, 4) is 0 Å². The summed E-state index contributed by atoms with van der Waals surface area (Å²) >= 11 is 0. The molecule has 0 radical (unpaired) electrons. The molecule has 9 nitrogen and oxygen atoms in total. The van der Waals surface area contributed by atoms with Crippen molar-refractivity contribution in [1.82, 2.24) is 9.97 Å². The van der Waals surface area contributed by atoms with E-state index in [1.165, 1.54) is 0 Å². The summed E-state index contributed by atoms with van der Waals surface area (Å²) < 4.78 is 0. The van der Waals surface area contributed by atoms with Crippen molar-refractivity contribution in [2.24, 2.45) is 0 Å². The first-order chi connectivity index (χ1) is 6.56. The first kappa shape index (κ1) is 10.1. The molecule has 0 aromatic carbocycles. The van der Waals surface area contributed by atoms with Gasteiger partial charge in [0.15, 0.2) is 0 Å². The third kappa shape index (κ3) is 1.84. The van der Waals surface area contributed by atoms with E-state index in [1.807, 2.05) is 4.98 Å². The van der Waals surface area contributed by atoms with E-state index in [-0.39, 0.29) is 0 Å². The van der Waals surface area contributed by atoms with Gasteiger partial charge in [0.25, 0.3) is 0 Å². The summed E-state index contributed by atoms with van der Waals surface area (Å²) in [5, 5.41) is 18.4. The molecule has 0 saturated carbocycles. The van der Waals surface area contributed by atoms with Crippen molar-refractivity contribution in [2.75, 3.05) is 0 Å². The van der Waals surface area contributed by atoms with E-state index in [0.717, 1.165) is 0 Å². The molecule has 1 heterocycles. The molecule has 3 N–H and O–H groups in total. The van der Waals surface area contributed by atoms with Crippen LogP contribution in [0.4, 0.5) is 5.69 Å². The van der Waals surface area contributed by atoms with Crippen LogP contribution in [0.15, 0.2) is 9.59 Å². The van der Waals surface area contributed by atoms with E-state index >= 15 is 0 Å². The molecule has 0 aliphatic carbocycles. The summed E-state index contributed by atoms with van der Waals surface area (Å²) in [6, 6.07) is 0. The molecule has 0 spiro atoms. The van der Waals surface area contributed by atoms with Gasteiger partial charge in [0.05, 0.1) is 4.92 Å². The SMILES string of the molecule is O=c1[nH]c(COO)c([N+](=O)[O-])c(=O)[nH]1. The smallest absolute Gasteiger partial charge is 0.303 e. The first-order valence-corrected chi connectivity index (χ1v) is 3.32. The highest BCUT2D eigenvalue weighted by molar-refractivity contribution is 5.30. The van der Waals surface area contributed by atoms with E-state index in [4.69, 9.17) is 5.26 Å². The van der Waals surface area contributed by atoms with E-state index in [1.54, 1.807) is 4.98 Å². The van der Waals surface area contributed by atoms with Crippen LogP contribution in [-0.4, -0.2) is 20.1 Å². The van der Waals surface area contributed by atoms with Crippen LogP contribution in [0, 0.1) is 10.1 Å². The van der Waals surface area contributed by atoms with Crippen LogP contribution in [0.5, 0.6) is 0 Å². The Balaban J connectivity index is 3.44. The Morgan fingerprint density at radius 3 is 2.57 bits per heavy atom. The lowest BCUT2D eigenvalue weighted by Gasteiger charge is -1.97. The molecule has 0 unspecified atom stereocenters. The standard InChI is InChI=1S/C5H5N3O6/c9-4-3(8(11)12)2(1-14-13)6-5(10)7-4/h13H,1H2,(H2,6,7,9,10). The molecule has 76 valence electrons. The number of hydrogen-bond donors (Lipinski definition) is 3. The molecule has 0 aliphatic heterocycles. The van der Waals surface area contributed by atoms with Gasteiger partial charge in [-0.25, -0.2) is 9.68 Å². The zero-order valence-electron chi connectivity index (χ0n) is 6.64. The number of aromatic nitrogens is 2. The average Bonchev–Trinajstić information content (AvgIpc) is 2.01. The molecule has 0 aliphatic rings. The summed E-state index contributed by atoms with van der Waals surface area (Å²) in [5.74, 6) is 0. The third-order valence-electron chi connectivity index (χ3n) is 1.38. The van der Waals surface area contributed by atoms with Gasteiger partial charge in [-0.15, -0.1) is 0 Å². The van der Waals surface area contributed by atoms with Crippen molar-refractivity contribution in [1.29, 1.82) is 0 Å². The zero-order chi connectivity index (χ0) is 10.7. The third-order valence-corrected chi connectivity index (χ3v) is 1.38. The van der Waals surface area contributed by atoms with Gasteiger partial charge in [-0.2, -0.15) is 0 Å². The number of nitrogens with zero attached hydrogens (tertiary/aromatic N) is 1. The van der Waals surface area contributed by atoms with Crippen molar-refractivity contribution in [3.63, 3.8) is 0 Å². The van der Waals surface area contributed by atoms with Crippen molar-refractivity contribution in [2.45, 2.75) is 6.61 Å². The molecule has 9 heteroatoms. The molecule has 14 heavy (non-hydrogen) atoms. The summed E-state index contributed by atoms with van der Waals surface area (Å²) in [5.41, 5.74) is -3.32. The Morgan fingerprint density at radius 2 is 2.07 bits per heavy atom. The van der Waals surface area contributed by atoms with Gasteiger partial charge in [0, 0.05) is 0 Å². The topological polar surface area (TPSA) is 138 Å². The molecular formula is C5H5N3O6. The van der Waals surface area contributed by atoms with Crippen LogP contribution in [0.3, 0.4) is 0 Å². The fourth-order valence-electron chi connectivity index (χ4n) is 0.889. The van der Waals surface area contributed by atoms with Gasteiger partial charge in [-0.1, -0.05) is 0 Å². The van der Waals surface area contributed by atoms with Gasteiger partial charge >= 0.3 is 16.9 Å². The number of rotatable bonds is 3. The normalized spacial score (nSPS) is 10.1. The highest BCUT2D eigenvalue weighted by Gasteiger charge is 2.20. The van der Waals surface area contributed by atoms with Crippen LogP contribution < -0.4 is 11.2 Å². The maximum absolute atomic E-state index is 10.9. The molecule has 0 amide bonds. The summed E-state index contributed by atoms with van der Waals surface area (Å²) in [7, 11) is 0. The van der Waals surface area contributed by atoms with Crippen LogP contribution in [0.25, 0.3) is 0 Å². The molecule has 1 aromatic rings. The summed E-state index contributed by atoms with van der Waals surface area (Å²) in [6.45, 7) is -0.643. The van der Waals surface area contributed by atoms with E-state index in [0.29, 0.717) is 0 Å². The van der Waals surface area contributed by atoms with Gasteiger partial charge in [-0.3, -0.25) is 25.2 Å². The van der Waals surface area contributed by atoms with Gasteiger partial charge in [0.2, 0.25) is 0 Å². The Labute approximate surface area is 75.0 Å². The number of hydrogen-bond acceptors (Lipinski definition) is 6. The predicted octanol–water partition coefficient (Wildman–Crippen LogP) is -1.04. The van der Waals surface area contributed by atoms with E-state index in [9.17, 15) is 19.7 Å². The summed E-state index contributed by atoms with van der Waals surface area (Å²) in [6.07, 6.45) is 0. The first-order valence-electron chi connectivity index (χ1n) is 3.32. The molecule has 0 atom stereocenters. The van der Waals surface area contributed by atoms with Crippen LogP contribution in [-0.2, 0) is 11.5 Å². The lowest BCUT2D eigenvalue weighted by atomic mass is 10.3. The molecule has 0 saturated heterocycles. The fraction of sp³-hybridized carbons (Fsp3) is 0.200. The predicted molar refractivity (Wildman–Crippen MR) is 41.8 cm³/mol. The second-order valence-electron chi connectivity index (χ2n) is 2.27. The molecule has 0 fully saturated rings. The van der Waals surface area contributed by atoms with Crippen molar-refractivity contribution in [3.05, 3.63) is 36.6 Å². The Morgan fingerprint density at radius 1 is 1.43 bits per heavy atom. The number of nitro groups is 1. The van der Waals surface area contributed by atoms with Crippen LogP contribution >= 0.6 is 0 Å². The lowest BCUT2D eigenvalue weighted by molar-refractivity contribution is -0.388. The Bertz CT molecular complexity index is 459. The Hall–Kier alpha value is -2.00. The van der Waals surface area contributed by atoms with Crippen LogP contribution in [0.1, 0.15) is 5.69 Å². The maximum Gasteiger partial charge on any atom is 0.355 e. The van der Waals surface area contributed by atoms with Crippen molar-refractivity contribution < 1.29 is 15.1 Å². The maximum atomic E-state index is 10.9. The Kier molecular flexibility index (Phi) is 2.74. The minimum absolute atomic E-state index is 0.397. The zero-order valence-corrected chi connectivity index (χ0v) is 6.64. The fourth-order valence-corrected chi connectivity index (χ4v) is 0.889. The molecule has 1 aromatic heterocycles. The van der Waals surface area contributed by atoms with Gasteiger partial charge in [-0.05, 0) is 0 Å². The largest absolute Gasteiger partial charge is 0.355 e. The quantitative estimate of drug-likeness (QED) is 0.325. The number of nitrogens with one attached hydrogen (secondary N) is 2. The molecule has 0 bridgehead atoms. The minimum atomic E-state index is -1.15. The highest BCUT2D eigenvalue weighted by Crippen LogP contribution is 2.07. The second kappa shape index (κ2) is 3.81.